The highest BCUT2D eigenvalue weighted by Gasteiger charge is 2.41. The van der Waals surface area contributed by atoms with Crippen molar-refractivity contribution in [3.8, 4) is 0 Å². The average molecular weight is 337 g/mol. The molecule has 0 fully saturated rings. The largest absolute Gasteiger partial charge is 0.365 e. The molecule has 0 unspecified atom stereocenters. The zero-order valence-corrected chi connectivity index (χ0v) is 12.0. The van der Waals surface area contributed by atoms with Gasteiger partial charge in [-0.1, -0.05) is 0 Å². The number of alkyl halides is 4. The number of nitrogens with zero attached hydrogens (tertiary/aromatic N) is 2. The molecule has 0 radical (unpaired) electrons. The summed E-state index contributed by atoms with van der Waals surface area (Å²) in [5.74, 6) is -4.88. The molecule has 1 amide bonds. The Labute approximate surface area is 128 Å². The number of aromatic nitrogens is 2. The number of hydrogen-bond donors (Lipinski definition) is 1. The molecule has 2 rings (SSSR count). The third kappa shape index (κ3) is 4.27. The predicted octanol–water partition coefficient (Wildman–Crippen LogP) is 0.614. The number of rotatable bonds is 5. The van der Waals surface area contributed by atoms with Crippen molar-refractivity contribution < 1.29 is 27.1 Å². The molecule has 1 aliphatic heterocycles. The van der Waals surface area contributed by atoms with Crippen molar-refractivity contribution in [2.75, 3.05) is 26.3 Å². The quantitative estimate of drug-likeness (QED) is 0.799. The fourth-order valence-corrected chi connectivity index (χ4v) is 2.22. The van der Waals surface area contributed by atoms with Gasteiger partial charge in [0.25, 0.3) is 5.56 Å². The van der Waals surface area contributed by atoms with Crippen molar-refractivity contribution in [3.05, 3.63) is 27.9 Å². The Kier molecular flexibility index (Phi) is 5.34. The highest BCUT2D eigenvalue weighted by atomic mass is 19.3. The van der Waals surface area contributed by atoms with Crippen LogP contribution < -0.4 is 5.56 Å². The topological polar surface area (TPSA) is 75.3 Å². The zero-order valence-electron chi connectivity index (χ0n) is 12.0. The van der Waals surface area contributed by atoms with Gasteiger partial charge in [0.1, 0.15) is 13.2 Å². The van der Waals surface area contributed by atoms with Gasteiger partial charge in [-0.2, -0.15) is 8.78 Å². The van der Waals surface area contributed by atoms with E-state index >= 15 is 0 Å². The SMILES string of the molecule is O=C(COCC(F)(F)C(F)F)N1CCc2nc[nH]c(=O)c2CC1. The van der Waals surface area contributed by atoms with E-state index in [1.807, 2.05) is 0 Å². The number of fused-ring (bicyclic) bond motifs is 1. The summed E-state index contributed by atoms with van der Waals surface area (Å²) < 4.78 is 53.7. The van der Waals surface area contributed by atoms with Gasteiger partial charge in [0.05, 0.1) is 12.0 Å². The predicted molar refractivity (Wildman–Crippen MR) is 70.6 cm³/mol. The molecule has 1 aromatic rings. The smallest absolute Gasteiger partial charge is 0.330 e. The summed E-state index contributed by atoms with van der Waals surface area (Å²) in [4.78, 5) is 31.4. The molecule has 2 heterocycles. The van der Waals surface area contributed by atoms with Gasteiger partial charge < -0.3 is 14.6 Å². The van der Waals surface area contributed by atoms with Crippen LogP contribution in [0.4, 0.5) is 17.6 Å². The average Bonchev–Trinajstić information content (AvgIpc) is 2.70. The van der Waals surface area contributed by atoms with Crippen LogP contribution in [0.5, 0.6) is 0 Å². The summed E-state index contributed by atoms with van der Waals surface area (Å²) in [5.41, 5.74) is 0.777. The summed E-state index contributed by atoms with van der Waals surface area (Å²) in [5, 5.41) is 0. The van der Waals surface area contributed by atoms with Crippen LogP contribution in [0.1, 0.15) is 11.3 Å². The normalized spacial score (nSPS) is 15.4. The Morgan fingerprint density at radius 1 is 1.39 bits per heavy atom. The first-order chi connectivity index (χ1) is 10.8. The second-order valence-electron chi connectivity index (χ2n) is 5.09. The van der Waals surface area contributed by atoms with E-state index in [0.717, 1.165) is 0 Å². The standard InChI is InChI=1S/C13H15F4N3O3/c14-12(15)13(16,17)6-23-5-10(21)20-3-1-8-9(2-4-20)18-7-19-11(8)22/h7,12H,1-6H2,(H,18,19,22). The first kappa shape index (κ1) is 17.4. The van der Waals surface area contributed by atoms with Crippen molar-refractivity contribution in [2.45, 2.75) is 25.2 Å². The molecule has 0 saturated heterocycles. The van der Waals surface area contributed by atoms with Crippen LogP contribution in [0.15, 0.2) is 11.1 Å². The summed E-state index contributed by atoms with van der Waals surface area (Å²) in [7, 11) is 0. The van der Waals surface area contributed by atoms with Crippen LogP contribution in [0.3, 0.4) is 0 Å². The van der Waals surface area contributed by atoms with Crippen LogP contribution in [0.2, 0.25) is 0 Å². The number of carbonyl (C=O) groups excluding carboxylic acids is 1. The van der Waals surface area contributed by atoms with Crippen LogP contribution >= 0.6 is 0 Å². The summed E-state index contributed by atoms with van der Waals surface area (Å²) >= 11 is 0. The molecule has 23 heavy (non-hydrogen) atoms. The molecule has 0 aliphatic carbocycles. The Morgan fingerprint density at radius 2 is 2.09 bits per heavy atom. The molecule has 0 spiro atoms. The number of hydrogen-bond acceptors (Lipinski definition) is 4. The van der Waals surface area contributed by atoms with Crippen molar-refractivity contribution >= 4 is 5.91 Å². The number of carbonyl (C=O) groups is 1. The maximum atomic E-state index is 12.7. The highest BCUT2D eigenvalue weighted by Crippen LogP contribution is 2.22. The third-order valence-corrected chi connectivity index (χ3v) is 3.48. The van der Waals surface area contributed by atoms with Gasteiger partial charge in [-0.25, -0.2) is 13.8 Å². The lowest BCUT2D eigenvalue weighted by atomic mass is 10.1. The lowest BCUT2D eigenvalue weighted by Gasteiger charge is -2.21. The zero-order chi connectivity index (χ0) is 17.0. The van der Waals surface area contributed by atoms with Gasteiger partial charge in [-0.05, 0) is 6.42 Å². The van der Waals surface area contributed by atoms with Gasteiger partial charge in [-0.3, -0.25) is 9.59 Å². The second kappa shape index (κ2) is 7.07. The molecule has 128 valence electrons. The number of ether oxygens (including phenoxy) is 1. The Morgan fingerprint density at radius 3 is 2.78 bits per heavy atom. The minimum absolute atomic E-state index is 0.204. The number of aromatic amines is 1. The summed E-state index contributed by atoms with van der Waals surface area (Å²) in [6.07, 6.45) is -1.95. The molecular weight excluding hydrogens is 322 g/mol. The fraction of sp³-hybridized carbons (Fsp3) is 0.615. The highest BCUT2D eigenvalue weighted by molar-refractivity contribution is 5.77. The van der Waals surface area contributed by atoms with E-state index in [4.69, 9.17) is 0 Å². The lowest BCUT2D eigenvalue weighted by molar-refractivity contribution is -0.171. The van der Waals surface area contributed by atoms with Crippen molar-refractivity contribution in [1.82, 2.24) is 14.9 Å². The van der Waals surface area contributed by atoms with E-state index in [-0.39, 0.29) is 25.1 Å². The minimum atomic E-state index is -4.29. The van der Waals surface area contributed by atoms with E-state index in [2.05, 4.69) is 14.7 Å². The molecular formula is C13H15F4N3O3. The Hall–Kier alpha value is -1.97. The van der Waals surface area contributed by atoms with E-state index in [1.165, 1.54) is 11.2 Å². The number of amides is 1. The number of nitrogens with one attached hydrogen (secondary N) is 1. The lowest BCUT2D eigenvalue weighted by Crippen LogP contribution is -2.38. The molecule has 6 nitrogen and oxygen atoms in total. The maximum Gasteiger partial charge on any atom is 0.330 e. The van der Waals surface area contributed by atoms with Crippen LogP contribution in [-0.2, 0) is 22.4 Å². The van der Waals surface area contributed by atoms with Crippen molar-refractivity contribution in [2.24, 2.45) is 0 Å². The number of halogens is 4. The van der Waals surface area contributed by atoms with Gasteiger partial charge in [0.15, 0.2) is 0 Å². The Balaban J connectivity index is 1.88. The third-order valence-electron chi connectivity index (χ3n) is 3.48. The van der Waals surface area contributed by atoms with Crippen molar-refractivity contribution in [1.29, 1.82) is 0 Å². The molecule has 1 aromatic heterocycles. The molecule has 0 bridgehead atoms. The van der Waals surface area contributed by atoms with Gasteiger partial charge in [0.2, 0.25) is 5.91 Å². The summed E-state index contributed by atoms with van der Waals surface area (Å²) in [6, 6.07) is 0. The monoisotopic (exact) mass is 337 g/mol. The molecule has 0 aromatic carbocycles. The van der Waals surface area contributed by atoms with Crippen LogP contribution in [0, 0.1) is 0 Å². The maximum absolute atomic E-state index is 12.7. The molecule has 0 atom stereocenters. The van der Waals surface area contributed by atoms with Crippen LogP contribution in [-0.4, -0.2) is 59.4 Å². The fourth-order valence-electron chi connectivity index (χ4n) is 2.22. The van der Waals surface area contributed by atoms with Crippen molar-refractivity contribution in [3.63, 3.8) is 0 Å². The first-order valence-electron chi connectivity index (χ1n) is 6.88. The molecule has 1 aliphatic rings. The van der Waals surface area contributed by atoms with E-state index < -0.39 is 31.5 Å². The van der Waals surface area contributed by atoms with E-state index in [1.54, 1.807) is 0 Å². The van der Waals surface area contributed by atoms with E-state index in [0.29, 0.717) is 17.7 Å². The van der Waals surface area contributed by atoms with Gasteiger partial charge in [0, 0.05) is 25.1 Å². The summed E-state index contributed by atoms with van der Waals surface area (Å²) in [6.45, 7) is -1.79. The second-order valence-corrected chi connectivity index (χ2v) is 5.09. The minimum Gasteiger partial charge on any atom is -0.365 e. The number of H-pyrrole nitrogens is 1. The van der Waals surface area contributed by atoms with Crippen LogP contribution in [0.25, 0.3) is 0 Å². The molecule has 10 heteroatoms. The first-order valence-corrected chi connectivity index (χ1v) is 6.88. The van der Waals surface area contributed by atoms with Gasteiger partial charge in [-0.15, -0.1) is 0 Å². The van der Waals surface area contributed by atoms with Gasteiger partial charge >= 0.3 is 12.3 Å². The molecule has 0 saturated carbocycles. The van der Waals surface area contributed by atoms with E-state index in [9.17, 15) is 27.2 Å². The molecule has 1 N–H and O–H groups in total. The Bertz CT molecular complexity index is 621.